The maximum absolute atomic E-state index is 12.6. The SMILES string of the molecule is O=C(O)c1nc(OC(F)(F)F)c(C(F)F)cc1CBr. The van der Waals surface area contributed by atoms with Crippen molar-refractivity contribution < 1.29 is 36.6 Å². The summed E-state index contributed by atoms with van der Waals surface area (Å²) in [5, 5.41) is 8.58. The van der Waals surface area contributed by atoms with E-state index in [1.54, 1.807) is 0 Å². The number of halogens is 6. The Morgan fingerprint density at radius 2 is 2.05 bits per heavy atom. The molecule has 0 bridgehead atoms. The van der Waals surface area contributed by atoms with Crippen LogP contribution in [0.3, 0.4) is 0 Å². The molecule has 0 spiro atoms. The highest BCUT2D eigenvalue weighted by atomic mass is 79.9. The summed E-state index contributed by atoms with van der Waals surface area (Å²) in [5.74, 6) is -3.12. The van der Waals surface area contributed by atoms with Gasteiger partial charge in [0.1, 0.15) is 0 Å². The van der Waals surface area contributed by atoms with Crippen molar-refractivity contribution in [3.8, 4) is 5.88 Å². The molecular weight excluding hydrogens is 345 g/mol. The van der Waals surface area contributed by atoms with Crippen LogP contribution in [0.1, 0.15) is 28.0 Å². The lowest BCUT2D eigenvalue weighted by Crippen LogP contribution is -2.20. The van der Waals surface area contributed by atoms with E-state index in [0.29, 0.717) is 6.07 Å². The van der Waals surface area contributed by atoms with Gasteiger partial charge >= 0.3 is 12.3 Å². The summed E-state index contributed by atoms with van der Waals surface area (Å²) in [6.45, 7) is 0. The monoisotopic (exact) mass is 349 g/mol. The Morgan fingerprint density at radius 3 is 2.42 bits per heavy atom. The smallest absolute Gasteiger partial charge is 0.476 e. The van der Waals surface area contributed by atoms with Crippen LogP contribution in [0.2, 0.25) is 0 Å². The van der Waals surface area contributed by atoms with Crippen molar-refractivity contribution in [2.24, 2.45) is 0 Å². The minimum absolute atomic E-state index is 0.159. The highest BCUT2D eigenvalue weighted by Crippen LogP contribution is 2.33. The summed E-state index contributed by atoms with van der Waals surface area (Å²) in [4.78, 5) is 13.8. The standard InChI is InChI=1S/C9H5BrF5NO3/c10-2-3-1-4(6(11)12)7(19-9(13,14)15)16-5(3)8(17)18/h1,6H,2H2,(H,17,18). The number of hydrogen-bond acceptors (Lipinski definition) is 3. The third-order valence-corrected chi connectivity index (χ3v) is 2.49. The van der Waals surface area contributed by atoms with Crippen LogP contribution in [0.5, 0.6) is 5.88 Å². The summed E-state index contributed by atoms with van der Waals surface area (Å²) in [7, 11) is 0. The Balaban J connectivity index is 3.41. The molecule has 106 valence electrons. The second-order valence-corrected chi connectivity index (χ2v) is 3.74. The molecule has 1 aromatic heterocycles. The maximum Gasteiger partial charge on any atom is 0.574 e. The minimum Gasteiger partial charge on any atom is -0.476 e. The molecule has 0 fully saturated rings. The molecule has 0 atom stereocenters. The number of ether oxygens (including phenoxy) is 1. The predicted molar refractivity (Wildman–Crippen MR) is 55.5 cm³/mol. The highest BCUT2D eigenvalue weighted by molar-refractivity contribution is 9.08. The van der Waals surface area contributed by atoms with E-state index in [0.717, 1.165) is 0 Å². The first kappa shape index (κ1) is 15.6. The number of carboxylic acid groups (broad SMARTS) is 1. The number of pyridine rings is 1. The lowest BCUT2D eigenvalue weighted by Gasteiger charge is -2.14. The Hall–Kier alpha value is -1.45. The third-order valence-electron chi connectivity index (χ3n) is 1.89. The average Bonchev–Trinajstić information content (AvgIpc) is 2.25. The van der Waals surface area contributed by atoms with Crippen molar-refractivity contribution >= 4 is 21.9 Å². The molecule has 0 radical (unpaired) electrons. The van der Waals surface area contributed by atoms with Gasteiger partial charge in [0.05, 0.1) is 5.56 Å². The van der Waals surface area contributed by atoms with E-state index in [2.05, 4.69) is 25.7 Å². The first-order chi connectivity index (χ1) is 8.65. The summed E-state index contributed by atoms with van der Waals surface area (Å²) in [6, 6.07) is 0.608. The van der Waals surface area contributed by atoms with Crippen molar-refractivity contribution in [2.45, 2.75) is 18.1 Å². The van der Waals surface area contributed by atoms with Crippen LogP contribution < -0.4 is 4.74 Å². The Bertz CT molecular complexity index is 491. The van der Waals surface area contributed by atoms with Gasteiger partial charge in [-0.15, -0.1) is 13.2 Å². The molecule has 0 aromatic carbocycles. The van der Waals surface area contributed by atoms with Crippen LogP contribution >= 0.6 is 15.9 Å². The number of nitrogens with zero attached hydrogens (tertiary/aromatic N) is 1. The first-order valence-electron chi connectivity index (χ1n) is 4.52. The molecule has 0 aliphatic heterocycles. The van der Waals surface area contributed by atoms with Gasteiger partial charge in [0.15, 0.2) is 5.69 Å². The summed E-state index contributed by atoms with van der Waals surface area (Å²) >= 11 is 2.83. The van der Waals surface area contributed by atoms with E-state index >= 15 is 0 Å². The van der Waals surface area contributed by atoms with E-state index in [9.17, 15) is 26.7 Å². The van der Waals surface area contributed by atoms with Gasteiger partial charge < -0.3 is 9.84 Å². The van der Waals surface area contributed by atoms with Gasteiger partial charge in [-0.3, -0.25) is 0 Å². The second-order valence-electron chi connectivity index (χ2n) is 3.18. The van der Waals surface area contributed by atoms with Crippen molar-refractivity contribution in [2.75, 3.05) is 0 Å². The normalized spacial score (nSPS) is 11.7. The van der Waals surface area contributed by atoms with Gasteiger partial charge in [0, 0.05) is 5.33 Å². The van der Waals surface area contributed by atoms with Crippen LogP contribution in [0.15, 0.2) is 6.07 Å². The molecule has 19 heavy (non-hydrogen) atoms. The Kier molecular flexibility index (Phi) is 4.66. The quantitative estimate of drug-likeness (QED) is 0.667. The first-order valence-corrected chi connectivity index (χ1v) is 5.64. The Morgan fingerprint density at radius 1 is 1.47 bits per heavy atom. The van der Waals surface area contributed by atoms with E-state index in [4.69, 9.17) is 5.11 Å². The van der Waals surface area contributed by atoms with E-state index in [1.807, 2.05) is 0 Å². The molecule has 1 aromatic rings. The molecule has 0 unspecified atom stereocenters. The molecule has 1 N–H and O–H groups in total. The van der Waals surface area contributed by atoms with Gasteiger partial charge in [-0.05, 0) is 11.6 Å². The summed E-state index contributed by atoms with van der Waals surface area (Å²) in [6.07, 6.45) is -8.53. The molecule has 4 nitrogen and oxygen atoms in total. The van der Waals surface area contributed by atoms with E-state index < -0.39 is 35.9 Å². The molecule has 0 aliphatic rings. The van der Waals surface area contributed by atoms with Crippen molar-refractivity contribution in [1.29, 1.82) is 0 Å². The van der Waals surface area contributed by atoms with Gasteiger partial charge in [0.25, 0.3) is 6.43 Å². The number of carboxylic acids is 1. The van der Waals surface area contributed by atoms with Crippen LogP contribution in [-0.2, 0) is 5.33 Å². The topological polar surface area (TPSA) is 59.4 Å². The second kappa shape index (κ2) is 5.68. The fraction of sp³-hybridized carbons (Fsp3) is 0.333. The Labute approximate surface area is 111 Å². The summed E-state index contributed by atoms with van der Waals surface area (Å²) in [5.41, 5.74) is -2.10. The number of hydrogen-bond donors (Lipinski definition) is 1. The molecular formula is C9H5BrF5NO3. The predicted octanol–water partition coefficient (Wildman–Crippen LogP) is 3.51. The lowest BCUT2D eigenvalue weighted by atomic mass is 10.1. The van der Waals surface area contributed by atoms with Crippen LogP contribution in [0, 0.1) is 0 Å². The van der Waals surface area contributed by atoms with Crippen molar-refractivity contribution in [3.63, 3.8) is 0 Å². The number of rotatable bonds is 4. The molecule has 10 heteroatoms. The van der Waals surface area contributed by atoms with Crippen LogP contribution in [0.4, 0.5) is 22.0 Å². The molecule has 1 heterocycles. The highest BCUT2D eigenvalue weighted by Gasteiger charge is 2.35. The van der Waals surface area contributed by atoms with Gasteiger partial charge in [-0.1, -0.05) is 15.9 Å². The third kappa shape index (κ3) is 4.01. The van der Waals surface area contributed by atoms with Gasteiger partial charge in [0.2, 0.25) is 5.88 Å². The molecule has 0 saturated carbocycles. The van der Waals surface area contributed by atoms with Gasteiger partial charge in [-0.2, -0.15) is 0 Å². The number of aromatic nitrogens is 1. The number of carbonyl (C=O) groups is 1. The maximum atomic E-state index is 12.6. The fourth-order valence-electron chi connectivity index (χ4n) is 1.19. The average molecular weight is 350 g/mol. The number of alkyl halides is 6. The lowest BCUT2D eigenvalue weighted by molar-refractivity contribution is -0.276. The number of aromatic carboxylic acids is 1. The zero-order chi connectivity index (χ0) is 14.8. The molecule has 1 rings (SSSR count). The van der Waals surface area contributed by atoms with Crippen molar-refractivity contribution in [3.05, 3.63) is 22.9 Å². The largest absolute Gasteiger partial charge is 0.574 e. The molecule has 0 aliphatic carbocycles. The van der Waals surface area contributed by atoms with Crippen LogP contribution in [0.25, 0.3) is 0 Å². The minimum atomic E-state index is -5.25. The van der Waals surface area contributed by atoms with E-state index in [-0.39, 0.29) is 10.9 Å². The zero-order valence-electron chi connectivity index (χ0n) is 8.84. The van der Waals surface area contributed by atoms with E-state index in [1.165, 1.54) is 0 Å². The zero-order valence-corrected chi connectivity index (χ0v) is 10.4. The fourth-order valence-corrected chi connectivity index (χ4v) is 1.62. The molecule has 0 amide bonds. The summed E-state index contributed by atoms with van der Waals surface area (Å²) < 4.78 is 64.6. The van der Waals surface area contributed by atoms with Crippen LogP contribution in [-0.4, -0.2) is 22.4 Å². The molecule has 0 saturated heterocycles. The van der Waals surface area contributed by atoms with Crippen molar-refractivity contribution in [1.82, 2.24) is 4.98 Å². The van der Waals surface area contributed by atoms with Gasteiger partial charge in [-0.25, -0.2) is 18.6 Å².